The van der Waals surface area contributed by atoms with Crippen molar-refractivity contribution in [3.8, 4) is 0 Å². The Balaban J connectivity index is 0.00000361. The number of halogens is 1. The molecule has 0 atom stereocenters. The van der Waals surface area contributed by atoms with Gasteiger partial charge in [-0.25, -0.2) is 0 Å². The van der Waals surface area contributed by atoms with Crippen LogP contribution in [-0.4, -0.2) is 24.4 Å². The average molecular weight is 299 g/mol. The van der Waals surface area contributed by atoms with E-state index in [9.17, 15) is 4.79 Å². The molecule has 114 valence electrons. The first-order chi connectivity index (χ1) is 9.13. The molecule has 0 heterocycles. The van der Waals surface area contributed by atoms with Crippen molar-refractivity contribution in [2.45, 2.75) is 45.6 Å². The maximum Gasteiger partial charge on any atom is 0.222 e. The molecule has 1 amide bonds. The van der Waals surface area contributed by atoms with E-state index >= 15 is 0 Å². The Labute approximate surface area is 128 Å². The fraction of sp³-hybridized carbons (Fsp3) is 0.562. The molecule has 0 saturated heterocycles. The number of benzene rings is 1. The summed E-state index contributed by atoms with van der Waals surface area (Å²) >= 11 is 0. The van der Waals surface area contributed by atoms with Crippen LogP contribution in [-0.2, 0) is 11.3 Å². The van der Waals surface area contributed by atoms with Crippen LogP contribution in [0, 0.1) is 6.92 Å². The number of amides is 1. The van der Waals surface area contributed by atoms with Crippen LogP contribution in [0.15, 0.2) is 24.3 Å². The van der Waals surface area contributed by atoms with Crippen LogP contribution in [0.2, 0.25) is 0 Å². The average Bonchev–Trinajstić information content (AvgIpc) is 2.41. The summed E-state index contributed by atoms with van der Waals surface area (Å²) in [6, 6.07) is 8.33. The zero-order chi connectivity index (χ0) is 14.1. The van der Waals surface area contributed by atoms with Gasteiger partial charge >= 0.3 is 0 Å². The van der Waals surface area contributed by atoms with Crippen LogP contribution in [0.4, 0.5) is 0 Å². The van der Waals surface area contributed by atoms with Gasteiger partial charge in [-0.2, -0.15) is 0 Å². The Morgan fingerprint density at radius 2 is 1.70 bits per heavy atom. The Morgan fingerprint density at radius 1 is 1.10 bits per heavy atom. The lowest BCUT2D eigenvalue weighted by Gasteiger charge is -2.17. The molecule has 0 unspecified atom stereocenters. The van der Waals surface area contributed by atoms with E-state index < -0.39 is 0 Å². The first kappa shape index (κ1) is 18.9. The third kappa shape index (κ3) is 7.51. The molecule has 0 spiro atoms. The molecule has 0 aromatic heterocycles. The van der Waals surface area contributed by atoms with Gasteiger partial charge < -0.3 is 10.6 Å². The number of carbonyl (C=O) groups is 1. The van der Waals surface area contributed by atoms with Crippen molar-refractivity contribution >= 4 is 18.3 Å². The van der Waals surface area contributed by atoms with Crippen LogP contribution >= 0.6 is 12.4 Å². The second kappa shape index (κ2) is 10.7. The molecule has 20 heavy (non-hydrogen) atoms. The smallest absolute Gasteiger partial charge is 0.222 e. The van der Waals surface area contributed by atoms with Crippen molar-refractivity contribution in [3.63, 3.8) is 0 Å². The minimum absolute atomic E-state index is 0. The van der Waals surface area contributed by atoms with Crippen molar-refractivity contribution in [1.29, 1.82) is 0 Å². The minimum atomic E-state index is 0. The van der Waals surface area contributed by atoms with Crippen LogP contribution in [0.1, 0.15) is 43.2 Å². The molecule has 0 fully saturated rings. The number of hydrogen-bond donors (Lipinski definition) is 1. The molecule has 0 bridgehead atoms. The quantitative estimate of drug-likeness (QED) is 0.749. The van der Waals surface area contributed by atoms with E-state index in [0.29, 0.717) is 13.0 Å². The molecular weight excluding hydrogens is 272 g/mol. The van der Waals surface area contributed by atoms with Crippen molar-refractivity contribution < 1.29 is 4.79 Å². The first-order valence-electron chi connectivity index (χ1n) is 7.13. The second-order valence-corrected chi connectivity index (χ2v) is 5.19. The van der Waals surface area contributed by atoms with Gasteiger partial charge in [-0.15, -0.1) is 12.4 Å². The Morgan fingerprint density at radius 3 is 2.30 bits per heavy atom. The molecule has 0 aliphatic carbocycles. The van der Waals surface area contributed by atoms with Gasteiger partial charge in [0.2, 0.25) is 5.91 Å². The number of nitrogens with zero attached hydrogens (tertiary/aromatic N) is 1. The normalized spacial score (nSPS) is 9.95. The highest BCUT2D eigenvalue weighted by Gasteiger charge is 2.08. The van der Waals surface area contributed by atoms with Gasteiger partial charge in [0.25, 0.3) is 0 Å². The lowest BCUT2D eigenvalue weighted by atomic mass is 10.1. The minimum Gasteiger partial charge on any atom is -0.341 e. The zero-order valence-electron chi connectivity index (χ0n) is 12.6. The molecule has 0 saturated carbocycles. The molecule has 4 heteroatoms. The lowest BCUT2D eigenvalue weighted by Crippen LogP contribution is -2.25. The molecule has 1 rings (SSSR count). The number of unbranched alkanes of at least 4 members (excludes halogenated alkanes) is 3. The van der Waals surface area contributed by atoms with Crippen LogP contribution in [0.3, 0.4) is 0 Å². The molecule has 0 aliphatic heterocycles. The summed E-state index contributed by atoms with van der Waals surface area (Å²) < 4.78 is 0. The number of carbonyl (C=O) groups excluding carboxylic acids is 1. The highest BCUT2D eigenvalue weighted by molar-refractivity contribution is 5.85. The summed E-state index contributed by atoms with van der Waals surface area (Å²) in [4.78, 5) is 13.8. The van der Waals surface area contributed by atoms with Crippen molar-refractivity contribution in [1.82, 2.24) is 4.90 Å². The maximum atomic E-state index is 11.9. The number of nitrogens with two attached hydrogens (primary N) is 1. The predicted octanol–water partition coefficient (Wildman–Crippen LogP) is 3.28. The molecule has 3 nitrogen and oxygen atoms in total. The monoisotopic (exact) mass is 298 g/mol. The van der Waals surface area contributed by atoms with Crippen LogP contribution in [0.25, 0.3) is 0 Å². The van der Waals surface area contributed by atoms with E-state index in [-0.39, 0.29) is 18.3 Å². The molecular formula is C16H27ClN2O. The number of aryl methyl sites for hydroxylation is 1. The van der Waals surface area contributed by atoms with Gasteiger partial charge in [0.1, 0.15) is 0 Å². The summed E-state index contributed by atoms with van der Waals surface area (Å²) in [5.74, 6) is 0.230. The summed E-state index contributed by atoms with van der Waals surface area (Å²) in [5, 5.41) is 0. The zero-order valence-corrected chi connectivity index (χ0v) is 13.4. The van der Waals surface area contributed by atoms with Gasteiger partial charge in [-0.3, -0.25) is 4.79 Å². The van der Waals surface area contributed by atoms with E-state index in [2.05, 4.69) is 31.2 Å². The third-order valence-electron chi connectivity index (χ3n) is 3.31. The van der Waals surface area contributed by atoms with Gasteiger partial charge in [0.05, 0.1) is 0 Å². The van der Waals surface area contributed by atoms with E-state index in [0.717, 1.165) is 32.2 Å². The summed E-state index contributed by atoms with van der Waals surface area (Å²) in [5.41, 5.74) is 7.87. The summed E-state index contributed by atoms with van der Waals surface area (Å²) in [7, 11) is 1.88. The molecule has 0 radical (unpaired) electrons. The Bertz CT molecular complexity index is 379. The molecule has 1 aromatic rings. The largest absolute Gasteiger partial charge is 0.341 e. The summed E-state index contributed by atoms with van der Waals surface area (Å²) in [6.45, 7) is 3.52. The fourth-order valence-electron chi connectivity index (χ4n) is 2.02. The SMILES string of the molecule is Cc1ccc(CN(C)C(=O)CCCCCCN)cc1.Cl. The van der Waals surface area contributed by atoms with Crippen molar-refractivity contribution in [2.75, 3.05) is 13.6 Å². The van der Waals surface area contributed by atoms with Crippen molar-refractivity contribution in [3.05, 3.63) is 35.4 Å². The maximum absolute atomic E-state index is 11.9. The molecule has 1 aromatic carbocycles. The van der Waals surface area contributed by atoms with Gasteiger partial charge in [-0.05, 0) is 31.9 Å². The number of rotatable bonds is 8. The summed E-state index contributed by atoms with van der Waals surface area (Å²) in [6.07, 6.45) is 4.91. The topological polar surface area (TPSA) is 46.3 Å². The first-order valence-corrected chi connectivity index (χ1v) is 7.13. The van der Waals surface area contributed by atoms with E-state index in [1.54, 1.807) is 0 Å². The van der Waals surface area contributed by atoms with Crippen molar-refractivity contribution in [2.24, 2.45) is 5.73 Å². The van der Waals surface area contributed by atoms with Gasteiger partial charge in [0, 0.05) is 20.0 Å². The predicted molar refractivity (Wildman–Crippen MR) is 87.0 cm³/mol. The van der Waals surface area contributed by atoms with Crippen LogP contribution < -0.4 is 5.73 Å². The van der Waals surface area contributed by atoms with Crippen LogP contribution in [0.5, 0.6) is 0 Å². The molecule has 2 N–H and O–H groups in total. The van der Waals surface area contributed by atoms with Gasteiger partial charge in [-0.1, -0.05) is 42.7 Å². The number of hydrogen-bond acceptors (Lipinski definition) is 2. The third-order valence-corrected chi connectivity index (χ3v) is 3.31. The highest BCUT2D eigenvalue weighted by atomic mass is 35.5. The highest BCUT2D eigenvalue weighted by Crippen LogP contribution is 2.09. The lowest BCUT2D eigenvalue weighted by molar-refractivity contribution is -0.130. The Hall–Kier alpha value is -1.06. The van der Waals surface area contributed by atoms with E-state index in [4.69, 9.17) is 5.73 Å². The fourth-order valence-corrected chi connectivity index (χ4v) is 2.02. The standard InChI is InChI=1S/C16H26N2O.ClH/c1-14-8-10-15(11-9-14)13-18(2)16(19)7-5-3-4-6-12-17;/h8-11H,3-7,12-13,17H2,1-2H3;1H. The second-order valence-electron chi connectivity index (χ2n) is 5.19. The van der Waals surface area contributed by atoms with Gasteiger partial charge in [0.15, 0.2) is 0 Å². The molecule has 0 aliphatic rings. The Kier molecular flexibility index (Phi) is 10.1. The van der Waals surface area contributed by atoms with E-state index in [1.165, 1.54) is 11.1 Å². The van der Waals surface area contributed by atoms with E-state index in [1.807, 2.05) is 11.9 Å².